The van der Waals surface area contributed by atoms with Gasteiger partial charge >= 0.3 is 0 Å². The molecule has 0 aliphatic carbocycles. The highest BCUT2D eigenvalue weighted by molar-refractivity contribution is 6.07. The second-order valence-corrected chi connectivity index (χ2v) is 8.38. The number of nitrogens with zero attached hydrogens (tertiary/aromatic N) is 3. The van der Waals surface area contributed by atoms with Gasteiger partial charge < -0.3 is 14.9 Å². The number of aliphatic hydroxyl groups is 1. The summed E-state index contributed by atoms with van der Waals surface area (Å²) < 4.78 is 0. The minimum atomic E-state index is -0.374. The van der Waals surface area contributed by atoms with Crippen molar-refractivity contribution in [2.45, 2.75) is 32.4 Å². The van der Waals surface area contributed by atoms with E-state index in [9.17, 15) is 14.7 Å². The lowest BCUT2D eigenvalue weighted by molar-refractivity contribution is -0.138. The zero-order valence-corrected chi connectivity index (χ0v) is 17.1. The summed E-state index contributed by atoms with van der Waals surface area (Å²) in [4.78, 5) is 31.8. The fraction of sp³-hybridized carbons (Fsp3) is 0.478. The highest BCUT2D eigenvalue weighted by Crippen LogP contribution is 2.32. The SMILES string of the molecule is C[C@H](O)CN1CCN(C(=O)[C@H]2CC(=O)N(c3cccc4ccccc34)C2)C[C@H]1C. The molecule has 0 spiro atoms. The number of anilines is 1. The Bertz CT molecular complexity index is 908. The van der Waals surface area contributed by atoms with E-state index in [2.05, 4.69) is 11.8 Å². The lowest BCUT2D eigenvalue weighted by Crippen LogP contribution is -2.56. The van der Waals surface area contributed by atoms with Gasteiger partial charge in [0.25, 0.3) is 0 Å². The van der Waals surface area contributed by atoms with Crippen molar-refractivity contribution in [2.75, 3.05) is 37.6 Å². The van der Waals surface area contributed by atoms with Gasteiger partial charge in [0.05, 0.1) is 17.7 Å². The van der Waals surface area contributed by atoms with Crippen molar-refractivity contribution in [2.24, 2.45) is 5.92 Å². The Morgan fingerprint density at radius 1 is 1.14 bits per heavy atom. The summed E-state index contributed by atoms with van der Waals surface area (Å²) in [6.07, 6.45) is -0.106. The first-order valence-electron chi connectivity index (χ1n) is 10.4. The lowest BCUT2D eigenvalue weighted by atomic mass is 10.0. The van der Waals surface area contributed by atoms with Crippen molar-refractivity contribution >= 4 is 28.3 Å². The smallest absolute Gasteiger partial charge is 0.228 e. The van der Waals surface area contributed by atoms with Crippen molar-refractivity contribution in [1.29, 1.82) is 0 Å². The second-order valence-electron chi connectivity index (χ2n) is 8.38. The van der Waals surface area contributed by atoms with Crippen molar-refractivity contribution < 1.29 is 14.7 Å². The molecule has 4 rings (SSSR count). The topological polar surface area (TPSA) is 64.1 Å². The average Bonchev–Trinajstić information content (AvgIpc) is 3.09. The third kappa shape index (κ3) is 4.00. The summed E-state index contributed by atoms with van der Waals surface area (Å²) in [5, 5.41) is 11.8. The van der Waals surface area contributed by atoms with E-state index in [0.717, 1.165) is 23.0 Å². The molecule has 2 aromatic rings. The van der Waals surface area contributed by atoms with Gasteiger partial charge in [-0.05, 0) is 25.3 Å². The van der Waals surface area contributed by atoms with E-state index in [0.29, 0.717) is 26.2 Å². The number of rotatable bonds is 4. The first-order chi connectivity index (χ1) is 13.9. The molecule has 0 saturated carbocycles. The van der Waals surface area contributed by atoms with E-state index in [-0.39, 0.29) is 36.3 Å². The molecule has 3 atom stereocenters. The van der Waals surface area contributed by atoms with E-state index in [1.165, 1.54) is 0 Å². The summed E-state index contributed by atoms with van der Waals surface area (Å²) in [7, 11) is 0. The number of fused-ring (bicyclic) bond motifs is 1. The Labute approximate surface area is 171 Å². The van der Waals surface area contributed by atoms with Crippen LogP contribution in [-0.2, 0) is 9.59 Å². The number of hydrogen-bond acceptors (Lipinski definition) is 4. The minimum Gasteiger partial charge on any atom is -0.392 e. The van der Waals surface area contributed by atoms with Crippen LogP contribution in [0.25, 0.3) is 10.8 Å². The van der Waals surface area contributed by atoms with E-state index >= 15 is 0 Å². The zero-order valence-electron chi connectivity index (χ0n) is 17.1. The van der Waals surface area contributed by atoms with Crippen LogP contribution in [0.1, 0.15) is 20.3 Å². The van der Waals surface area contributed by atoms with Crippen LogP contribution in [0.2, 0.25) is 0 Å². The molecule has 0 aromatic heterocycles. The zero-order chi connectivity index (χ0) is 20.5. The number of carbonyl (C=O) groups is 2. The molecule has 154 valence electrons. The highest BCUT2D eigenvalue weighted by Gasteiger charge is 2.39. The van der Waals surface area contributed by atoms with Crippen LogP contribution < -0.4 is 4.90 Å². The Hall–Kier alpha value is -2.44. The molecule has 6 heteroatoms. The van der Waals surface area contributed by atoms with Crippen molar-refractivity contribution in [3.05, 3.63) is 42.5 Å². The maximum absolute atomic E-state index is 13.1. The molecular formula is C23H29N3O3. The van der Waals surface area contributed by atoms with Crippen LogP contribution in [0.15, 0.2) is 42.5 Å². The fourth-order valence-electron chi connectivity index (χ4n) is 4.61. The molecule has 29 heavy (non-hydrogen) atoms. The van der Waals surface area contributed by atoms with E-state index in [1.807, 2.05) is 47.4 Å². The number of hydrogen-bond donors (Lipinski definition) is 1. The molecule has 2 fully saturated rings. The number of benzene rings is 2. The molecule has 2 heterocycles. The van der Waals surface area contributed by atoms with E-state index in [4.69, 9.17) is 0 Å². The van der Waals surface area contributed by atoms with Gasteiger partial charge in [0.1, 0.15) is 0 Å². The predicted molar refractivity (Wildman–Crippen MR) is 114 cm³/mol. The predicted octanol–water partition coefficient (Wildman–Crippen LogP) is 2.11. The quantitative estimate of drug-likeness (QED) is 0.861. The molecule has 2 aliphatic rings. The summed E-state index contributed by atoms with van der Waals surface area (Å²) >= 11 is 0. The highest BCUT2D eigenvalue weighted by atomic mass is 16.3. The van der Waals surface area contributed by atoms with Crippen LogP contribution in [0.3, 0.4) is 0 Å². The lowest BCUT2D eigenvalue weighted by Gasteiger charge is -2.41. The summed E-state index contributed by atoms with van der Waals surface area (Å²) in [6.45, 7) is 6.99. The third-order valence-electron chi connectivity index (χ3n) is 6.11. The van der Waals surface area contributed by atoms with Gasteiger partial charge in [0.15, 0.2) is 0 Å². The molecule has 2 saturated heterocycles. The van der Waals surface area contributed by atoms with Gasteiger partial charge in [-0.1, -0.05) is 36.4 Å². The molecule has 0 unspecified atom stereocenters. The standard InChI is InChI=1S/C23H29N3O3/c1-16-13-25(11-10-24(16)14-17(2)27)23(29)19-12-22(28)26(15-19)21-9-5-7-18-6-3-4-8-20(18)21/h3-9,16-17,19,27H,10-15H2,1-2H3/t16-,17+,19+/m1/s1. The normalized spacial score (nSPS) is 24.3. The maximum Gasteiger partial charge on any atom is 0.228 e. The monoisotopic (exact) mass is 395 g/mol. The number of amides is 2. The van der Waals surface area contributed by atoms with Gasteiger partial charge in [-0.3, -0.25) is 14.5 Å². The minimum absolute atomic E-state index is 0.0143. The number of aliphatic hydroxyl groups excluding tert-OH is 1. The molecule has 2 aliphatic heterocycles. The Morgan fingerprint density at radius 2 is 1.90 bits per heavy atom. The van der Waals surface area contributed by atoms with Gasteiger partial charge in [-0.2, -0.15) is 0 Å². The first-order valence-corrected chi connectivity index (χ1v) is 10.4. The van der Waals surface area contributed by atoms with Gasteiger partial charge in [-0.15, -0.1) is 0 Å². The first kappa shape index (κ1) is 19.9. The molecule has 2 aromatic carbocycles. The Kier molecular flexibility index (Phi) is 5.56. The van der Waals surface area contributed by atoms with Crippen LogP contribution in [0.5, 0.6) is 0 Å². The largest absolute Gasteiger partial charge is 0.392 e. The Balaban J connectivity index is 1.46. The van der Waals surface area contributed by atoms with Gasteiger partial charge in [0, 0.05) is 50.6 Å². The van der Waals surface area contributed by atoms with Crippen LogP contribution in [0, 0.1) is 5.92 Å². The summed E-state index contributed by atoms with van der Waals surface area (Å²) in [5.41, 5.74) is 0.888. The summed E-state index contributed by atoms with van der Waals surface area (Å²) in [6, 6.07) is 14.2. The Morgan fingerprint density at radius 3 is 2.66 bits per heavy atom. The molecular weight excluding hydrogens is 366 g/mol. The molecule has 0 radical (unpaired) electrons. The number of carbonyl (C=O) groups excluding carboxylic acids is 2. The average molecular weight is 396 g/mol. The third-order valence-corrected chi connectivity index (χ3v) is 6.11. The second kappa shape index (κ2) is 8.13. The van der Waals surface area contributed by atoms with Crippen molar-refractivity contribution in [3.63, 3.8) is 0 Å². The molecule has 1 N–H and O–H groups in total. The molecule has 0 bridgehead atoms. The molecule has 6 nitrogen and oxygen atoms in total. The van der Waals surface area contributed by atoms with E-state index in [1.54, 1.807) is 11.8 Å². The number of β-amino-alcohol motifs (C(OH)–C–C–N with tert-alkyl or cyclic N) is 1. The van der Waals surface area contributed by atoms with E-state index < -0.39 is 0 Å². The van der Waals surface area contributed by atoms with Crippen LogP contribution in [-0.4, -0.2) is 71.6 Å². The fourth-order valence-corrected chi connectivity index (χ4v) is 4.61. The maximum atomic E-state index is 13.1. The van der Waals surface area contributed by atoms with Gasteiger partial charge in [0.2, 0.25) is 11.8 Å². The van der Waals surface area contributed by atoms with Crippen molar-refractivity contribution in [1.82, 2.24) is 9.80 Å². The van der Waals surface area contributed by atoms with Crippen LogP contribution in [0.4, 0.5) is 5.69 Å². The molecule has 2 amide bonds. The van der Waals surface area contributed by atoms with Crippen LogP contribution >= 0.6 is 0 Å². The van der Waals surface area contributed by atoms with Gasteiger partial charge in [-0.25, -0.2) is 0 Å². The summed E-state index contributed by atoms with van der Waals surface area (Å²) in [5.74, 6) is -0.206. The van der Waals surface area contributed by atoms with Crippen molar-refractivity contribution in [3.8, 4) is 0 Å². The number of piperazine rings is 1.